The van der Waals surface area contributed by atoms with Crippen LogP contribution in [-0.2, 0) is 4.79 Å². The van der Waals surface area contributed by atoms with Crippen LogP contribution in [0.3, 0.4) is 0 Å². The summed E-state index contributed by atoms with van der Waals surface area (Å²) >= 11 is 6.03. The molecule has 0 radical (unpaired) electrons. The van der Waals surface area contributed by atoms with Crippen molar-refractivity contribution >= 4 is 29.2 Å². The van der Waals surface area contributed by atoms with Crippen molar-refractivity contribution in [3.63, 3.8) is 0 Å². The smallest absolute Gasteiger partial charge is 0.339 e. The van der Waals surface area contributed by atoms with E-state index in [1.807, 2.05) is 0 Å². The summed E-state index contributed by atoms with van der Waals surface area (Å²) in [6.07, 6.45) is 2.83. The van der Waals surface area contributed by atoms with Gasteiger partial charge in [-0.05, 0) is 25.5 Å². The lowest BCUT2D eigenvalue weighted by molar-refractivity contribution is -0.118. The number of hydrogen-bond donors (Lipinski definition) is 3. The van der Waals surface area contributed by atoms with Gasteiger partial charge in [-0.25, -0.2) is 4.79 Å². The number of methoxy groups -OCH3 is 1. The van der Waals surface area contributed by atoms with E-state index >= 15 is 0 Å². The molecule has 0 aliphatic carbocycles. The quantitative estimate of drug-likeness (QED) is 0.792. The van der Waals surface area contributed by atoms with Gasteiger partial charge in [-0.15, -0.1) is 0 Å². The Morgan fingerprint density at radius 3 is 2.76 bits per heavy atom. The van der Waals surface area contributed by atoms with E-state index in [0.29, 0.717) is 5.69 Å². The molecule has 21 heavy (non-hydrogen) atoms. The van der Waals surface area contributed by atoms with Gasteiger partial charge in [0, 0.05) is 6.07 Å². The Labute approximate surface area is 127 Å². The summed E-state index contributed by atoms with van der Waals surface area (Å²) in [4.78, 5) is 23.2. The molecule has 1 saturated heterocycles. The van der Waals surface area contributed by atoms with Crippen LogP contribution in [0.5, 0.6) is 5.75 Å². The maximum Gasteiger partial charge on any atom is 0.339 e. The number of halogens is 1. The molecule has 0 bridgehead atoms. The van der Waals surface area contributed by atoms with Gasteiger partial charge in [0.2, 0.25) is 5.91 Å². The highest BCUT2D eigenvalue weighted by Gasteiger charge is 2.22. The van der Waals surface area contributed by atoms with E-state index in [0.717, 1.165) is 25.8 Å². The number of ether oxygens (including phenoxy) is 1. The minimum absolute atomic E-state index is 0.0451. The molecule has 0 unspecified atom stereocenters. The van der Waals surface area contributed by atoms with Crippen molar-refractivity contribution in [2.24, 2.45) is 0 Å². The molecule has 2 rings (SSSR count). The van der Waals surface area contributed by atoms with Gasteiger partial charge >= 0.3 is 5.97 Å². The summed E-state index contributed by atoms with van der Waals surface area (Å²) in [6, 6.07) is 2.44. The lowest BCUT2D eigenvalue weighted by atomic mass is 10.0. The monoisotopic (exact) mass is 312 g/mol. The van der Waals surface area contributed by atoms with E-state index < -0.39 is 5.97 Å². The molecule has 1 aliphatic heterocycles. The zero-order chi connectivity index (χ0) is 15.4. The zero-order valence-electron chi connectivity index (χ0n) is 11.6. The number of nitrogens with one attached hydrogen (secondary N) is 2. The number of carboxylic acids is 1. The van der Waals surface area contributed by atoms with Crippen molar-refractivity contribution in [1.29, 1.82) is 0 Å². The molecule has 0 spiro atoms. The fourth-order valence-electron chi connectivity index (χ4n) is 2.28. The average Bonchev–Trinajstić information content (AvgIpc) is 2.49. The predicted octanol–water partition coefficient (Wildman–Crippen LogP) is 2.13. The number of benzene rings is 1. The van der Waals surface area contributed by atoms with Crippen LogP contribution in [0.15, 0.2) is 12.1 Å². The van der Waals surface area contributed by atoms with Crippen LogP contribution >= 0.6 is 11.6 Å². The van der Waals surface area contributed by atoms with Gasteiger partial charge in [-0.3, -0.25) is 4.79 Å². The minimum Gasteiger partial charge on any atom is -0.496 e. The van der Waals surface area contributed by atoms with E-state index in [4.69, 9.17) is 21.4 Å². The van der Waals surface area contributed by atoms with E-state index in [-0.39, 0.29) is 28.3 Å². The molecule has 1 amide bonds. The highest BCUT2D eigenvalue weighted by atomic mass is 35.5. The molecule has 3 N–H and O–H groups in total. The summed E-state index contributed by atoms with van der Waals surface area (Å²) in [5.41, 5.74) is 0.298. The first kappa shape index (κ1) is 15.6. The molecule has 0 aromatic heterocycles. The SMILES string of the molecule is COc1cc(NC(=O)[C@@H]2CCCCN2)c(Cl)cc1C(=O)O. The molecule has 1 aromatic rings. The predicted molar refractivity (Wildman–Crippen MR) is 79.2 cm³/mol. The number of aromatic carboxylic acids is 1. The molecule has 1 aliphatic rings. The second kappa shape index (κ2) is 6.78. The molecule has 0 saturated carbocycles. The van der Waals surface area contributed by atoms with Gasteiger partial charge in [-0.2, -0.15) is 0 Å². The average molecular weight is 313 g/mol. The molecule has 114 valence electrons. The van der Waals surface area contributed by atoms with E-state index in [1.54, 1.807) is 0 Å². The number of amides is 1. The number of hydrogen-bond acceptors (Lipinski definition) is 4. The van der Waals surface area contributed by atoms with Gasteiger partial charge in [0.1, 0.15) is 11.3 Å². The first-order chi connectivity index (χ1) is 10.0. The Bertz CT molecular complexity index is 556. The lowest BCUT2D eigenvalue weighted by Crippen LogP contribution is -2.43. The third kappa shape index (κ3) is 3.65. The third-order valence-corrected chi connectivity index (χ3v) is 3.72. The Hall–Kier alpha value is -1.79. The van der Waals surface area contributed by atoms with Crippen molar-refractivity contribution in [3.05, 3.63) is 22.7 Å². The summed E-state index contributed by atoms with van der Waals surface area (Å²) < 4.78 is 5.02. The van der Waals surface area contributed by atoms with Crippen LogP contribution in [0.2, 0.25) is 5.02 Å². The number of carbonyl (C=O) groups excluding carboxylic acids is 1. The summed E-state index contributed by atoms with van der Waals surface area (Å²) in [5.74, 6) is -1.17. The number of carbonyl (C=O) groups is 2. The molecule has 6 nitrogen and oxygen atoms in total. The second-order valence-electron chi connectivity index (χ2n) is 4.83. The Balaban J connectivity index is 2.19. The summed E-state index contributed by atoms with van der Waals surface area (Å²) in [6.45, 7) is 0.813. The lowest BCUT2D eigenvalue weighted by Gasteiger charge is -2.23. The van der Waals surface area contributed by atoms with Crippen LogP contribution in [0.25, 0.3) is 0 Å². The van der Waals surface area contributed by atoms with E-state index in [2.05, 4.69) is 10.6 Å². The van der Waals surface area contributed by atoms with Gasteiger partial charge in [0.05, 0.1) is 23.9 Å². The Kier molecular flexibility index (Phi) is 5.03. The van der Waals surface area contributed by atoms with Crippen molar-refractivity contribution < 1.29 is 19.4 Å². The Morgan fingerprint density at radius 1 is 1.43 bits per heavy atom. The topological polar surface area (TPSA) is 87.7 Å². The maximum absolute atomic E-state index is 12.1. The van der Waals surface area contributed by atoms with Crippen molar-refractivity contribution in [1.82, 2.24) is 5.32 Å². The minimum atomic E-state index is -1.14. The zero-order valence-corrected chi connectivity index (χ0v) is 12.4. The standard InChI is InChI=1S/C14H17ClN2O4/c1-21-12-7-11(9(15)6-8(12)14(19)20)17-13(18)10-4-2-3-5-16-10/h6-7,10,16H,2-5H2,1H3,(H,17,18)(H,19,20)/t10-/m0/s1. The van der Waals surface area contributed by atoms with Gasteiger partial charge in [0.25, 0.3) is 0 Å². The van der Waals surface area contributed by atoms with Gasteiger partial charge < -0.3 is 20.5 Å². The first-order valence-electron chi connectivity index (χ1n) is 6.68. The molecule has 7 heteroatoms. The normalized spacial score (nSPS) is 18.1. The molecule has 1 aromatic carbocycles. The number of anilines is 1. The summed E-state index contributed by atoms with van der Waals surface area (Å²) in [5, 5.41) is 15.1. The highest BCUT2D eigenvalue weighted by molar-refractivity contribution is 6.34. The number of carboxylic acid groups (broad SMARTS) is 1. The van der Waals surface area contributed by atoms with E-state index in [9.17, 15) is 9.59 Å². The van der Waals surface area contributed by atoms with Crippen LogP contribution in [0, 0.1) is 0 Å². The molecular formula is C14H17ClN2O4. The largest absolute Gasteiger partial charge is 0.496 e. The molecule has 1 atom stereocenters. The van der Waals surface area contributed by atoms with Gasteiger partial charge in [0.15, 0.2) is 0 Å². The van der Waals surface area contributed by atoms with Gasteiger partial charge in [-0.1, -0.05) is 18.0 Å². The highest BCUT2D eigenvalue weighted by Crippen LogP contribution is 2.31. The van der Waals surface area contributed by atoms with E-state index in [1.165, 1.54) is 19.2 Å². The first-order valence-corrected chi connectivity index (χ1v) is 7.06. The molecule has 1 heterocycles. The van der Waals surface area contributed by atoms with Crippen LogP contribution < -0.4 is 15.4 Å². The molecule has 1 fully saturated rings. The number of piperidine rings is 1. The van der Waals surface area contributed by atoms with Crippen LogP contribution in [0.1, 0.15) is 29.6 Å². The van der Waals surface area contributed by atoms with Crippen molar-refractivity contribution in [3.8, 4) is 5.75 Å². The fourth-order valence-corrected chi connectivity index (χ4v) is 2.49. The number of rotatable bonds is 4. The van der Waals surface area contributed by atoms with Crippen LogP contribution in [-0.4, -0.2) is 36.7 Å². The van der Waals surface area contributed by atoms with Crippen molar-refractivity contribution in [2.75, 3.05) is 19.0 Å². The Morgan fingerprint density at radius 2 is 2.19 bits per heavy atom. The second-order valence-corrected chi connectivity index (χ2v) is 5.24. The maximum atomic E-state index is 12.1. The third-order valence-electron chi connectivity index (χ3n) is 3.40. The van der Waals surface area contributed by atoms with Crippen LogP contribution in [0.4, 0.5) is 5.69 Å². The van der Waals surface area contributed by atoms with Crippen molar-refractivity contribution in [2.45, 2.75) is 25.3 Å². The molecular weight excluding hydrogens is 296 g/mol. The summed E-state index contributed by atoms with van der Waals surface area (Å²) in [7, 11) is 1.37. The fraction of sp³-hybridized carbons (Fsp3) is 0.429.